The Bertz CT molecular complexity index is 256. The van der Waals surface area contributed by atoms with E-state index < -0.39 is 0 Å². The summed E-state index contributed by atoms with van der Waals surface area (Å²) in [5, 5.41) is 0. The molecule has 0 radical (unpaired) electrons. The van der Waals surface area contributed by atoms with Crippen LogP contribution in [0.25, 0.3) is 0 Å². The van der Waals surface area contributed by atoms with Crippen LogP contribution in [0.15, 0.2) is 4.99 Å². The molecule has 2 nitrogen and oxygen atoms in total. The largest absolute Gasteiger partial charge is 0.312 e. The maximum absolute atomic E-state index is 5.61. The van der Waals surface area contributed by atoms with Crippen molar-refractivity contribution in [3.63, 3.8) is 0 Å². The number of hydrogen-bond acceptors (Lipinski definition) is 2. The summed E-state index contributed by atoms with van der Waals surface area (Å²) >= 11 is 0. The van der Waals surface area contributed by atoms with Crippen LogP contribution < -0.4 is 5.73 Å². The van der Waals surface area contributed by atoms with E-state index in [0.29, 0.717) is 18.0 Å². The first-order valence-corrected chi connectivity index (χ1v) is 7.30. The van der Waals surface area contributed by atoms with Gasteiger partial charge in [0.25, 0.3) is 0 Å². The zero-order valence-corrected chi connectivity index (χ0v) is 12.1. The second-order valence-electron chi connectivity index (χ2n) is 6.03. The molecule has 0 aliphatic heterocycles. The lowest BCUT2D eigenvalue weighted by atomic mass is 9.63. The third-order valence-corrected chi connectivity index (χ3v) is 4.77. The fourth-order valence-electron chi connectivity index (χ4n) is 3.34. The van der Waals surface area contributed by atoms with Gasteiger partial charge in [-0.1, -0.05) is 47.0 Å². The molecule has 2 atom stereocenters. The highest BCUT2D eigenvalue weighted by atomic mass is 14.9. The van der Waals surface area contributed by atoms with Crippen LogP contribution in [0, 0.1) is 17.3 Å². The van der Waals surface area contributed by atoms with Crippen LogP contribution in [-0.2, 0) is 0 Å². The molecule has 0 amide bonds. The van der Waals surface area contributed by atoms with Gasteiger partial charge in [0.05, 0.1) is 6.67 Å². The Kier molecular flexibility index (Phi) is 5.64. The summed E-state index contributed by atoms with van der Waals surface area (Å²) in [6.07, 6.45) is 7.77. The molecule has 2 N–H and O–H groups in total. The lowest BCUT2D eigenvalue weighted by Crippen LogP contribution is -2.37. The van der Waals surface area contributed by atoms with Crippen LogP contribution in [0.3, 0.4) is 0 Å². The van der Waals surface area contributed by atoms with Gasteiger partial charge in [-0.05, 0) is 30.6 Å². The van der Waals surface area contributed by atoms with Crippen molar-refractivity contribution in [3.05, 3.63) is 0 Å². The van der Waals surface area contributed by atoms with Crippen molar-refractivity contribution in [2.75, 3.05) is 6.67 Å². The number of rotatable bonds is 5. The molecule has 1 rings (SSSR count). The highest BCUT2D eigenvalue weighted by Crippen LogP contribution is 2.44. The van der Waals surface area contributed by atoms with Gasteiger partial charge in [-0.3, -0.25) is 4.99 Å². The van der Waals surface area contributed by atoms with Gasteiger partial charge in [-0.2, -0.15) is 0 Å². The molecule has 0 aromatic rings. The van der Waals surface area contributed by atoms with Gasteiger partial charge in [-0.15, -0.1) is 0 Å². The van der Waals surface area contributed by atoms with E-state index in [1.54, 1.807) is 0 Å². The molecule has 2 heteroatoms. The van der Waals surface area contributed by atoms with E-state index in [0.717, 1.165) is 12.3 Å². The number of aliphatic imine (C=N–C) groups is 1. The third kappa shape index (κ3) is 3.54. The van der Waals surface area contributed by atoms with Gasteiger partial charge < -0.3 is 5.73 Å². The molecule has 0 saturated heterocycles. The van der Waals surface area contributed by atoms with Crippen LogP contribution in [0.4, 0.5) is 0 Å². The highest BCUT2D eigenvalue weighted by Gasteiger charge is 2.37. The SMILES string of the molecule is CC/C(=N/CN)C1CCCCC1C(C)(C)CC. The fraction of sp³-hybridized carbons (Fsp3) is 0.933. The summed E-state index contributed by atoms with van der Waals surface area (Å²) in [4.78, 5) is 4.56. The van der Waals surface area contributed by atoms with Crippen molar-refractivity contribution in [3.8, 4) is 0 Å². The van der Waals surface area contributed by atoms with Crippen LogP contribution in [0.2, 0.25) is 0 Å². The number of nitrogens with two attached hydrogens (primary N) is 1. The van der Waals surface area contributed by atoms with E-state index >= 15 is 0 Å². The normalized spacial score (nSPS) is 27.2. The van der Waals surface area contributed by atoms with E-state index in [4.69, 9.17) is 5.73 Å². The first-order chi connectivity index (χ1) is 8.06. The summed E-state index contributed by atoms with van der Waals surface area (Å²) < 4.78 is 0. The molecule has 0 bridgehead atoms. The van der Waals surface area contributed by atoms with Crippen LogP contribution in [0.5, 0.6) is 0 Å². The van der Waals surface area contributed by atoms with Crippen molar-refractivity contribution in [1.29, 1.82) is 0 Å². The Hall–Kier alpha value is -0.370. The summed E-state index contributed by atoms with van der Waals surface area (Å²) in [7, 11) is 0. The predicted molar refractivity (Wildman–Crippen MR) is 76.3 cm³/mol. The minimum atomic E-state index is 0.440. The van der Waals surface area contributed by atoms with Crippen molar-refractivity contribution < 1.29 is 0 Å². The van der Waals surface area contributed by atoms with E-state index in [1.807, 2.05) is 0 Å². The molecule has 1 saturated carbocycles. The Labute approximate surface area is 107 Å². The van der Waals surface area contributed by atoms with Gasteiger partial charge in [0.15, 0.2) is 0 Å². The summed E-state index contributed by atoms with van der Waals surface area (Å²) in [6, 6.07) is 0. The first kappa shape index (κ1) is 14.7. The van der Waals surface area contributed by atoms with Crippen molar-refractivity contribution in [2.45, 2.75) is 66.2 Å². The second-order valence-corrected chi connectivity index (χ2v) is 6.03. The molecule has 0 aromatic heterocycles. The zero-order valence-electron chi connectivity index (χ0n) is 12.1. The summed E-state index contributed by atoms with van der Waals surface area (Å²) in [5.41, 5.74) is 7.43. The maximum Gasteiger partial charge on any atom is 0.0858 e. The monoisotopic (exact) mass is 238 g/mol. The molecule has 0 spiro atoms. The van der Waals surface area contributed by atoms with Crippen molar-refractivity contribution in [2.24, 2.45) is 28.0 Å². The van der Waals surface area contributed by atoms with Crippen LogP contribution >= 0.6 is 0 Å². The molecule has 2 unspecified atom stereocenters. The minimum Gasteiger partial charge on any atom is -0.312 e. The maximum atomic E-state index is 5.61. The zero-order chi connectivity index (χ0) is 12.9. The van der Waals surface area contributed by atoms with E-state index in [9.17, 15) is 0 Å². The minimum absolute atomic E-state index is 0.440. The van der Waals surface area contributed by atoms with Crippen LogP contribution in [-0.4, -0.2) is 12.4 Å². The standard InChI is InChI=1S/C15H30N2/c1-5-14(17-11-16)12-9-7-8-10-13(12)15(3,4)6-2/h12-13H,5-11,16H2,1-4H3/b17-14-. The first-order valence-electron chi connectivity index (χ1n) is 7.30. The van der Waals surface area contributed by atoms with Crippen molar-refractivity contribution >= 4 is 5.71 Å². The van der Waals surface area contributed by atoms with E-state index in [-0.39, 0.29) is 0 Å². The fourth-order valence-corrected chi connectivity index (χ4v) is 3.34. The topological polar surface area (TPSA) is 38.4 Å². The molecule has 0 heterocycles. The Morgan fingerprint density at radius 2 is 1.88 bits per heavy atom. The molecule has 1 aliphatic rings. The predicted octanol–water partition coefficient (Wildman–Crippen LogP) is 4.00. The van der Waals surface area contributed by atoms with Crippen LogP contribution in [0.1, 0.15) is 66.2 Å². The van der Waals surface area contributed by atoms with Gasteiger partial charge in [0.1, 0.15) is 0 Å². The Balaban J connectivity index is 2.89. The average molecular weight is 238 g/mol. The molecule has 17 heavy (non-hydrogen) atoms. The average Bonchev–Trinajstić information content (AvgIpc) is 2.36. The van der Waals surface area contributed by atoms with E-state index in [1.165, 1.54) is 37.8 Å². The molecule has 100 valence electrons. The molecular weight excluding hydrogens is 208 g/mol. The van der Waals surface area contributed by atoms with Gasteiger partial charge in [0, 0.05) is 11.6 Å². The molecule has 1 fully saturated rings. The second kappa shape index (κ2) is 6.53. The number of nitrogens with zero attached hydrogens (tertiary/aromatic N) is 1. The summed E-state index contributed by atoms with van der Waals surface area (Å²) in [6.45, 7) is 9.84. The van der Waals surface area contributed by atoms with Gasteiger partial charge >= 0.3 is 0 Å². The smallest absolute Gasteiger partial charge is 0.0858 e. The Morgan fingerprint density at radius 1 is 1.24 bits per heavy atom. The molecular formula is C15H30N2. The van der Waals surface area contributed by atoms with Gasteiger partial charge in [0.2, 0.25) is 0 Å². The Morgan fingerprint density at radius 3 is 2.41 bits per heavy atom. The molecule has 1 aliphatic carbocycles. The number of hydrogen-bond donors (Lipinski definition) is 1. The molecule has 0 aromatic carbocycles. The lowest BCUT2D eigenvalue weighted by molar-refractivity contribution is 0.121. The highest BCUT2D eigenvalue weighted by molar-refractivity contribution is 5.87. The van der Waals surface area contributed by atoms with E-state index in [2.05, 4.69) is 32.7 Å². The van der Waals surface area contributed by atoms with Gasteiger partial charge in [-0.25, -0.2) is 0 Å². The lowest BCUT2D eigenvalue weighted by Gasteiger charge is -2.42. The quantitative estimate of drug-likeness (QED) is 0.722. The third-order valence-electron chi connectivity index (χ3n) is 4.77. The van der Waals surface area contributed by atoms with Crippen molar-refractivity contribution in [1.82, 2.24) is 0 Å². The summed E-state index contributed by atoms with van der Waals surface area (Å²) in [5.74, 6) is 1.48.